The predicted octanol–water partition coefficient (Wildman–Crippen LogP) is 0.427. The van der Waals surface area contributed by atoms with Crippen molar-refractivity contribution >= 4 is 5.97 Å². The number of aryl methyl sites for hydroxylation is 1. The Balaban J connectivity index is 0.000000217. The average Bonchev–Trinajstić information content (AvgIpc) is 2.46. The molecule has 0 amide bonds. The van der Waals surface area contributed by atoms with Crippen molar-refractivity contribution in [1.82, 2.24) is 5.32 Å². The van der Waals surface area contributed by atoms with Crippen molar-refractivity contribution < 1.29 is 9.53 Å². The van der Waals surface area contributed by atoms with Crippen molar-refractivity contribution in [2.75, 3.05) is 20.2 Å². The van der Waals surface area contributed by atoms with Crippen molar-refractivity contribution in [1.29, 1.82) is 0 Å². The predicted molar refractivity (Wildman–Crippen MR) is 80.2 cm³/mol. The largest absolute Gasteiger partial charge is 0.469 e. The van der Waals surface area contributed by atoms with E-state index in [2.05, 4.69) is 10.1 Å². The van der Waals surface area contributed by atoms with Crippen LogP contribution in [0, 0.1) is 0 Å². The molecule has 1 aromatic rings. The number of ether oxygens (including phenoxy) is 1. The van der Waals surface area contributed by atoms with Crippen molar-refractivity contribution in [2.45, 2.75) is 31.3 Å². The van der Waals surface area contributed by atoms with E-state index in [1.54, 1.807) is 0 Å². The highest BCUT2D eigenvalue weighted by Gasteiger charge is 2.13. The molecule has 0 radical (unpaired) electrons. The molecule has 1 aromatic carbocycles. The van der Waals surface area contributed by atoms with Crippen molar-refractivity contribution in [3.8, 4) is 0 Å². The van der Waals surface area contributed by atoms with Crippen LogP contribution in [-0.4, -0.2) is 38.3 Å². The summed E-state index contributed by atoms with van der Waals surface area (Å²) in [5.74, 6) is -0.154. The summed E-state index contributed by atoms with van der Waals surface area (Å²) in [6, 6.07) is 10.4. The number of methoxy groups -OCH3 is 1. The molecule has 5 nitrogen and oxygen atoms in total. The Kier molecular flexibility index (Phi) is 7.87. The standard InChI is InChI=1S/C10H12O2.C5H13N3/c1-12-10(11)8-7-9-5-3-2-4-6-9;6-4-1-5(7)3-8-2-4/h2-6H,7-8H2,1H3;4-5,8H,1-3,6-7H2/t;4-,5?/m.0/s1. The van der Waals surface area contributed by atoms with Crippen LogP contribution in [0.25, 0.3) is 0 Å². The molecule has 1 fully saturated rings. The molecule has 2 rings (SSSR count). The monoisotopic (exact) mass is 279 g/mol. The van der Waals surface area contributed by atoms with Gasteiger partial charge in [0.15, 0.2) is 0 Å². The molecule has 2 atom stereocenters. The second-order valence-corrected chi connectivity index (χ2v) is 4.98. The van der Waals surface area contributed by atoms with Crippen LogP contribution < -0.4 is 16.8 Å². The van der Waals surface area contributed by atoms with Gasteiger partial charge in [0.1, 0.15) is 0 Å². The van der Waals surface area contributed by atoms with Crippen LogP contribution in [0.3, 0.4) is 0 Å². The zero-order valence-corrected chi connectivity index (χ0v) is 12.0. The van der Waals surface area contributed by atoms with Gasteiger partial charge in [-0.2, -0.15) is 0 Å². The van der Waals surface area contributed by atoms with Gasteiger partial charge < -0.3 is 21.5 Å². The van der Waals surface area contributed by atoms with Crippen LogP contribution in [0.15, 0.2) is 30.3 Å². The van der Waals surface area contributed by atoms with Crippen LogP contribution in [0.4, 0.5) is 0 Å². The summed E-state index contributed by atoms with van der Waals surface area (Å²) in [6.07, 6.45) is 2.18. The highest BCUT2D eigenvalue weighted by atomic mass is 16.5. The lowest BCUT2D eigenvalue weighted by Gasteiger charge is -2.24. The molecule has 5 N–H and O–H groups in total. The van der Waals surface area contributed by atoms with Crippen molar-refractivity contribution in [2.24, 2.45) is 11.5 Å². The van der Waals surface area contributed by atoms with Gasteiger partial charge in [-0.15, -0.1) is 0 Å². The molecule has 0 saturated carbocycles. The zero-order valence-electron chi connectivity index (χ0n) is 12.0. The Morgan fingerprint density at radius 2 is 1.85 bits per heavy atom. The van der Waals surface area contributed by atoms with Gasteiger partial charge in [-0.3, -0.25) is 4.79 Å². The third-order valence-corrected chi connectivity index (χ3v) is 3.11. The molecule has 0 spiro atoms. The van der Waals surface area contributed by atoms with Gasteiger partial charge in [-0.05, 0) is 18.4 Å². The molecule has 1 unspecified atom stereocenters. The lowest BCUT2D eigenvalue weighted by atomic mass is 10.1. The minimum Gasteiger partial charge on any atom is -0.469 e. The van der Waals surface area contributed by atoms with Gasteiger partial charge >= 0.3 is 5.97 Å². The quantitative estimate of drug-likeness (QED) is 0.698. The van der Waals surface area contributed by atoms with E-state index in [1.807, 2.05) is 30.3 Å². The van der Waals surface area contributed by atoms with Crippen LogP contribution in [0.5, 0.6) is 0 Å². The molecule has 0 aliphatic carbocycles. The minimum atomic E-state index is -0.154. The van der Waals surface area contributed by atoms with Crippen molar-refractivity contribution in [3.05, 3.63) is 35.9 Å². The third-order valence-electron chi connectivity index (χ3n) is 3.11. The van der Waals surface area contributed by atoms with E-state index >= 15 is 0 Å². The number of nitrogens with two attached hydrogens (primary N) is 2. The minimum absolute atomic E-state index is 0.154. The van der Waals surface area contributed by atoms with E-state index in [4.69, 9.17) is 11.5 Å². The lowest BCUT2D eigenvalue weighted by Crippen LogP contribution is -2.49. The summed E-state index contributed by atoms with van der Waals surface area (Å²) in [5.41, 5.74) is 12.3. The summed E-state index contributed by atoms with van der Waals surface area (Å²) in [4.78, 5) is 10.8. The Labute approximate surface area is 120 Å². The van der Waals surface area contributed by atoms with E-state index in [0.29, 0.717) is 6.42 Å². The molecule has 0 bridgehead atoms. The van der Waals surface area contributed by atoms with Crippen LogP contribution in [0.1, 0.15) is 18.4 Å². The molecule has 1 aliphatic heterocycles. The Morgan fingerprint density at radius 1 is 1.25 bits per heavy atom. The van der Waals surface area contributed by atoms with E-state index in [0.717, 1.165) is 25.9 Å². The molecule has 1 heterocycles. The number of hydrogen-bond acceptors (Lipinski definition) is 5. The first kappa shape index (κ1) is 16.6. The summed E-state index contributed by atoms with van der Waals surface area (Å²) in [6.45, 7) is 1.85. The van der Waals surface area contributed by atoms with Crippen molar-refractivity contribution in [3.63, 3.8) is 0 Å². The average molecular weight is 279 g/mol. The Hall–Kier alpha value is -1.43. The molecule has 1 aliphatic rings. The smallest absolute Gasteiger partial charge is 0.305 e. The Morgan fingerprint density at radius 3 is 2.30 bits per heavy atom. The number of carbonyl (C=O) groups is 1. The maximum absolute atomic E-state index is 10.8. The molecular weight excluding hydrogens is 254 g/mol. The van der Waals surface area contributed by atoms with Gasteiger partial charge in [0.05, 0.1) is 7.11 Å². The highest BCUT2D eigenvalue weighted by molar-refractivity contribution is 5.69. The van der Waals surface area contributed by atoms with Crippen LogP contribution >= 0.6 is 0 Å². The fraction of sp³-hybridized carbons (Fsp3) is 0.533. The van der Waals surface area contributed by atoms with Crippen LogP contribution in [-0.2, 0) is 16.0 Å². The van der Waals surface area contributed by atoms with Gasteiger partial charge in [-0.25, -0.2) is 0 Å². The van der Waals surface area contributed by atoms with Gasteiger partial charge in [0.25, 0.3) is 0 Å². The van der Waals surface area contributed by atoms with Gasteiger partial charge in [0, 0.05) is 31.6 Å². The number of benzene rings is 1. The van der Waals surface area contributed by atoms with E-state index in [1.165, 1.54) is 12.7 Å². The number of esters is 1. The normalized spacial score (nSPS) is 21.6. The fourth-order valence-corrected chi connectivity index (χ4v) is 2.00. The maximum Gasteiger partial charge on any atom is 0.305 e. The second kappa shape index (κ2) is 9.47. The summed E-state index contributed by atoms with van der Waals surface area (Å²) < 4.78 is 4.53. The topological polar surface area (TPSA) is 90.4 Å². The first-order chi connectivity index (χ1) is 9.61. The summed E-state index contributed by atoms with van der Waals surface area (Å²) in [7, 11) is 1.41. The number of piperidine rings is 1. The Bertz CT molecular complexity index is 376. The SMILES string of the molecule is COC(=O)CCc1ccccc1.NC1CNC[C@@H](N)C1. The molecule has 5 heteroatoms. The van der Waals surface area contributed by atoms with E-state index in [9.17, 15) is 4.79 Å². The molecule has 112 valence electrons. The van der Waals surface area contributed by atoms with E-state index < -0.39 is 0 Å². The number of carbonyl (C=O) groups excluding carboxylic acids is 1. The first-order valence-electron chi connectivity index (χ1n) is 6.94. The maximum atomic E-state index is 10.8. The molecule has 20 heavy (non-hydrogen) atoms. The van der Waals surface area contributed by atoms with E-state index in [-0.39, 0.29) is 18.1 Å². The third kappa shape index (κ3) is 7.23. The zero-order chi connectivity index (χ0) is 14.8. The van der Waals surface area contributed by atoms with Gasteiger partial charge in [0.2, 0.25) is 0 Å². The molecular formula is C15H25N3O2. The first-order valence-corrected chi connectivity index (χ1v) is 6.94. The molecule has 0 aromatic heterocycles. The fourth-order valence-electron chi connectivity index (χ4n) is 2.00. The highest BCUT2D eigenvalue weighted by Crippen LogP contribution is 2.02. The number of rotatable bonds is 3. The van der Waals surface area contributed by atoms with Gasteiger partial charge in [-0.1, -0.05) is 30.3 Å². The molecule has 1 saturated heterocycles. The lowest BCUT2D eigenvalue weighted by molar-refractivity contribution is -0.140. The summed E-state index contributed by atoms with van der Waals surface area (Å²) in [5, 5.41) is 3.13. The number of hydrogen-bond donors (Lipinski definition) is 3. The van der Waals surface area contributed by atoms with Crippen LogP contribution in [0.2, 0.25) is 0 Å². The second-order valence-electron chi connectivity index (χ2n) is 4.98. The summed E-state index contributed by atoms with van der Waals surface area (Å²) >= 11 is 0. The number of nitrogens with one attached hydrogen (secondary N) is 1.